The van der Waals surface area contributed by atoms with Crippen molar-refractivity contribution >= 4 is 17.2 Å². The average molecular weight is 255 g/mol. The van der Waals surface area contributed by atoms with E-state index >= 15 is 0 Å². The Bertz CT molecular complexity index is 253. The summed E-state index contributed by atoms with van der Waals surface area (Å²) in [5.41, 5.74) is 5.59. The molecule has 1 saturated heterocycles. The largest absolute Gasteiger partial charge is 0.392 e. The van der Waals surface area contributed by atoms with Crippen molar-refractivity contribution in [2.75, 3.05) is 32.7 Å². The highest BCUT2D eigenvalue weighted by Gasteiger charge is 2.26. The summed E-state index contributed by atoms with van der Waals surface area (Å²) in [4.78, 5) is 5.69. The molecule has 4 heteroatoms. The standard InChI is InChI=1S/C13H25N3S/c1-11-2-4-12(5-3-11)16-8-6-15(7-9-16)10-13(14)17/h11-12H,2-10H2,1H3,(H2,14,17). The second-order valence-corrected chi connectivity index (χ2v) is 6.22. The molecule has 0 aromatic carbocycles. The average Bonchev–Trinajstić information content (AvgIpc) is 2.30. The van der Waals surface area contributed by atoms with Crippen LogP contribution in [0.15, 0.2) is 0 Å². The number of hydrogen-bond acceptors (Lipinski definition) is 3. The van der Waals surface area contributed by atoms with E-state index in [1.165, 1.54) is 38.8 Å². The van der Waals surface area contributed by atoms with Gasteiger partial charge in [0.05, 0.1) is 4.99 Å². The third-order valence-corrected chi connectivity index (χ3v) is 4.42. The van der Waals surface area contributed by atoms with Gasteiger partial charge in [0.1, 0.15) is 0 Å². The highest BCUT2D eigenvalue weighted by atomic mass is 32.1. The fourth-order valence-electron chi connectivity index (χ4n) is 3.11. The van der Waals surface area contributed by atoms with Crippen LogP contribution in [0.5, 0.6) is 0 Å². The fraction of sp³-hybridized carbons (Fsp3) is 0.923. The summed E-state index contributed by atoms with van der Waals surface area (Å²) in [6, 6.07) is 0.846. The summed E-state index contributed by atoms with van der Waals surface area (Å²) in [5, 5.41) is 0. The molecule has 0 unspecified atom stereocenters. The molecule has 0 aromatic rings. The Morgan fingerprint density at radius 2 is 1.71 bits per heavy atom. The summed E-state index contributed by atoms with van der Waals surface area (Å²) >= 11 is 4.97. The molecule has 1 aliphatic carbocycles. The van der Waals surface area contributed by atoms with E-state index in [2.05, 4.69) is 16.7 Å². The van der Waals surface area contributed by atoms with E-state index in [0.717, 1.165) is 31.6 Å². The fourth-order valence-corrected chi connectivity index (χ4v) is 3.30. The van der Waals surface area contributed by atoms with Crippen molar-refractivity contribution in [2.45, 2.75) is 38.6 Å². The van der Waals surface area contributed by atoms with Crippen LogP contribution in [0, 0.1) is 5.92 Å². The maximum Gasteiger partial charge on any atom is 0.0870 e. The minimum atomic E-state index is 0.630. The van der Waals surface area contributed by atoms with Gasteiger partial charge >= 0.3 is 0 Å². The molecule has 0 radical (unpaired) electrons. The molecule has 0 atom stereocenters. The van der Waals surface area contributed by atoms with Crippen LogP contribution in [0.2, 0.25) is 0 Å². The molecule has 0 amide bonds. The van der Waals surface area contributed by atoms with Gasteiger partial charge in [-0.1, -0.05) is 19.1 Å². The second-order valence-electron chi connectivity index (χ2n) is 5.69. The minimum Gasteiger partial charge on any atom is -0.392 e. The zero-order valence-corrected chi connectivity index (χ0v) is 11.7. The third kappa shape index (κ3) is 3.90. The first-order chi connectivity index (χ1) is 8.15. The van der Waals surface area contributed by atoms with Gasteiger partial charge in [0.2, 0.25) is 0 Å². The Labute approximate surface area is 110 Å². The molecule has 0 aromatic heterocycles. The number of nitrogens with two attached hydrogens (primary N) is 1. The van der Waals surface area contributed by atoms with Gasteiger partial charge in [-0.3, -0.25) is 9.80 Å². The molecule has 2 rings (SSSR count). The highest BCUT2D eigenvalue weighted by Crippen LogP contribution is 2.27. The van der Waals surface area contributed by atoms with Crippen LogP contribution in [0.4, 0.5) is 0 Å². The Morgan fingerprint density at radius 1 is 1.12 bits per heavy atom. The predicted molar refractivity (Wildman–Crippen MR) is 76.2 cm³/mol. The Hall–Kier alpha value is -0.190. The lowest BCUT2D eigenvalue weighted by Crippen LogP contribution is -2.52. The van der Waals surface area contributed by atoms with E-state index < -0.39 is 0 Å². The van der Waals surface area contributed by atoms with Gasteiger partial charge in [0.25, 0.3) is 0 Å². The molecule has 98 valence electrons. The van der Waals surface area contributed by atoms with Crippen molar-refractivity contribution in [1.82, 2.24) is 9.80 Å². The van der Waals surface area contributed by atoms with Crippen LogP contribution in [0.1, 0.15) is 32.6 Å². The van der Waals surface area contributed by atoms with E-state index in [4.69, 9.17) is 18.0 Å². The number of thiocarbonyl (C=S) groups is 1. The third-order valence-electron chi connectivity index (χ3n) is 4.29. The first-order valence-electron chi connectivity index (χ1n) is 6.90. The molecular weight excluding hydrogens is 230 g/mol. The monoisotopic (exact) mass is 255 g/mol. The summed E-state index contributed by atoms with van der Waals surface area (Å²) in [5.74, 6) is 0.946. The van der Waals surface area contributed by atoms with E-state index in [-0.39, 0.29) is 0 Å². The number of nitrogens with zero attached hydrogens (tertiary/aromatic N) is 2. The molecular formula is C13H25N3S. The van der Waals surface area contributed by atoms with E-state index in [1.54, 1.807) is 0 Å². The molecule has 0 spiro atoms. The van der Waals surface area contributed by atoms with Crippen LogP contribution in [0.25, 0.3) is 0 Å². The Balaban J connectivity index is 1.73. The predicted octanol–water partition coefficient (Wildman–Crippen LogP) is 1.47. The van der Waals surface area contributed by atoms with Crippen LogP contribution in [0.3, 0.4) is 0 Å². The lowest BCUT2D eigenvalue weighted by molar-refractivity contribution is 0.0789. The van der Waals surface area contributed by atoms with Gasteiger partial charge in [-0.15, -0.1) is 0 Å². The first-order valence-corrected chi connectivity index (χ1v) is 7.30. The van der Waals surface area contributed by atoms with Gasteiger partial charge in [0.15, 0.2) is 0 Å². The van der Waals surface area contributed by atoms with Crippen molar-refractivity contribution in [3.05, 3.63) is 0 Å². The van der Waals surface area contributed by atoms with Gasteiger partial charge in [-0.2, -0.15) is 0 Å². The number of piperazine rings is 1. The number of hydrogen-bond donors (Lipinski definition) is 1. The lowest BCUT2D eigenvalue weighted by Gasteiger charge is -2.41. The minimum absolute atomic E-state index is 0.630. The van der Waals surface area contributed by atoms with E-state index in [0.29, 0.717) is 4.99 Å². The van der Waals surface area contributed by atoms with Crippen LogP contribution < -0.4 is 5.73 Å². The van der Waals surface area contributed by atoms with Crippen molar-refractivity contribution in [1.29, 1.82) is 0 Å². The van der Waals surface area contributed by atoms with Gasteiger partial charge in [-0.05, 0) is 31.6 Å². The zero-order valence-electron chi connectivity index (χ0n) is 10.9. The molecule has 1 aliphatic heterocycles. The smallest absolute Gasteiger partial charge is 0.0870 e. The van der Waals surface area contributed by atoms with Gasteiger partial charge in [0, 0.05) is 38.8 Å². The second kappa shape index (κ2) is 6.12. The van der Waals surface area contributed by atoms with Crippen LogP contribution in [-0.2, 0) is 0 Å². The summed E-state index contributed by atoms with van der Waals surface area (Å²) in [7, 11) is 0. The summed E-state index contributed by atoms with van der Waals surface area (Å²) in [6.07, 6.45) is 5.63. The molecule has 17 heavy (non-hydrogen) atoms. The van der Waals surface area contributed by atoms with Gasteiger partial charge < -0.3 is 5.73 Å². The number of rotatable bonds is 3. The van der Waals surface area contributed by atoms with Gasteiger partial charge in [-0.25, -0.2) is 0 Å². The van der Waals surface area contributed by atoms with Crippen LogP contribution >= 0.6 is 12.2 Å². The van der Waals surface area contributed by atoms with Crippen molar-refractivity contribution in [3.63, 3.8) is 0 Å². The molecule has 2 N–H and O–H groups in total. The Morgan fingerprint density at radius 3 is 2.24 bits per heavy atom. The van der Waals surface area contributed by atoms with Crippen LogP contribution in [-0.4, -0.2) is 53.6 Å². The SMILES string of the molecule is CC1CCC(N2CCN(CC(N)=S)CC2)CC1. The topological polar surface area (TPSA) is 32.5 Å². The van der Waals surface area contributed by atoms with E-state index in [9.17, 15) is 0 Å². The van der Waals surface area contributed by atoms with Crippen molar-refractivity contribution < 1.29 is 0 Å². The maximum absolute atomic E-state index is 5.59. The van der Waals surface area contributed by atoms with Crippen molar-refractivity contribution in [3.8, 4) is 0 Å². The molecule has 1 heterocycles. The van der Waals surface area contributed by atoms with E-state index in [1.807, 2.05) is 0 Å². The molecule has 0 bridgehead atoms. The quantitative estimate of drug-likeness (QED) is 0.774. The molecule has 2 fully saturated rings. The summed E-state index contributed by atoms with van der Waals surface area (Å²) < 4.78 is 0. The maximum atomic E-state index is 5.59. The molecule has 3 nitrogen and oxygen atoms in total. The summed E-state index contributed by atoms with van der Waals surface area (Å²) in [6.45, 7) is 7.83. The first kappa shape index (κ1) is 13.2. The highest BCUT2D eigenvalue weighted by molar-refractivity contribution is 7.80. The van der Waals surface area contributed by atoms with Crippen molar-refractivity contribution in [2.24, 2.45) is 11.7 Å². The Kier molecular flexibility index (Phi) is 4.77. The lowest BCUT2D eigenvalue weighted by atomic mass is 9.86. The normalized spacial score (nSPS) is 32.5. The molecule has 2 aliphatic rings. The molecule has 1 saturated carbocycles. The zero-order chi connectivity index (χ0) is 12.3.